The maximum absolute atomic E-state index is 13.8. The largest absolute Gasteiger partial charge is 0.494 e. The molecule has 0 unspecified atom stereocenters. The molecular formula is C20H20FN3O2. The minimum absolute atomic E-state index is 0.119. The van der Waals surface area contributed by atoms with Crippen molar-refractivity contribution in [2.45, 2.75) is 13.1 Å². The maximum atomic E-state index is 13.8. The van der Waals surface area contributed by atoms with Crippen LogP contribution < -0.4 is 4.74 Å². The molecule has 6 heteroatoms. The topological polar surface area (TPSA) is 47.4 Å². The van der Waals surface area contributed by atoms with Crippen molar-refractivity contribution in [1.29, 1.82) is 0 Å². The van der Waals surface area contributed by atoms with Gasteiger partial charge in [-0.05, 0) is 41.5 Å². The summed E-state index contributed by atoms with van der Waals surface area (Å²) >= 11 is 0. The van der Waals surface area contributed by atoms with Gasteiger partial charge in [-0.15, -0.1) is 0 Å². The first-order chi connectivity index (χ1) is 12.6. The molecule has 1 heterocycles. The van der Waals surface area contributed by atoms with E-state index in [1.807, 2.05) is 29.1 Å². The van der Waals surface area contributed by atoms with Crippen LogP contribution in [0, 0.1) is 5.82 Å². The molecule has 5 nitrogen and oxygen atoms in total. The normalized spacial score (nSPS) is 10.6. The number of amides is 1. The molecule has 0 aliphatic rings. The van der Waals surface area contributed by atoms with Crippen LogP contribution in [0.15, 0.2) is 60.9 Å². The van der Waals surface area contributed by atoms with Crippen LogP contribution in [0.4, 0.5) is 4.39 Å². The summed E-state index contributed by atoms with van der Waals surface area (Å²) in [6, 6.07) is 14.0. The first-order valence-corrected chi connectivity index (χ1v) is 8.21. The molecule has 0 bridgehead atoms. The lowest BCUT2D eigenvalue weighted by molar-refractivity contribution is 0.0785. The average molecular weight is 353 g/mol. The Bertz CT molecular complexity index is 877. The summed E-state index contributed by atoms with van der Waals surface area (Å²) in [7, 11) is 3.12. The quantitative estimate of drug-likeness (QED) is 0.683. The van der Waals surface area contributed by atoms with Gasteiger partial charge in [0.1, 0.15) is 0 Å². The molecule has 1 aromatic heterocycles. The molecule has 0 atom stereocenters. The molecule has 0 N–H and O–H groups in total. The van der Waals surface area contributed by atoms with Crippen LogP contribution in [0.5, 0.6) is 5.75 Å². The van der Waals surface area contributed by atoms with Crippen LogP contribution in [-0.2, 0) is 13.1 Å². The number of nitrogens with zero attached hydrogens (tertiary/aromatic N) is 3. The Balaban J connectivity index is 1.65. The lowest BCUT2D eigenvalue weighted by Gasteiger charge is -2.18. The van der Waals surface area contributed by atoms with E-state index in [-0.39, 0.29) is 11.7 Å². The monoisotopic (exact) mass is 353 g/mol. The Morgan fingerprint density at radius 3 is 2.54 bits per heavy atom. The highest BCUT2D eigenvalue weighted by atomic mass is 19.1. The van der Waals surface area contributed by atoms with E-state index in [1.54, 1.807) is 42.4 Å². The lowest BCUT2D eigenvalue weighted by Crippen LogP contribution is -2.26. The zero-order valence-electron chi connectivity index (χ0n) is 14.7. The Kier molecular flexibility index (Phi) is 5.31. The number of carbonyl (C=O) groups is 1. The van der Waals surface area contributed by atoms with Gasteiger partial charge in [0, 0.05) is 31.5 Å². The number of carbonyl (C=O) groups excluding carboxylic acids is 1. The van der Waals surface area contributed by atoms with Crippen molar-refractivity contribution in [3.8, 4) is 5.75 Å². The third-order valence-electron chi connectivity index (χ3n) is 4.09. The van der Waals surface area contributed by atoms with Crippen molar-refractivity contribution in [2.75, 3.05) is 14.2 Å². The Hall–Kier alpha value is -3.15. The van der Waals surface area contributed by atoms with Crippen molar-refractivity contribution in [2.24, 2.45) is 0 Å². The average Bonchev–Trinajstić information content (AvgIpc) is 3.15. The van der Waals surface area contributed by atoms with E-state index in [9.17, 15) is 9.18 Å². The van der Waals surface area contributed by atoms with Gasteiger partial charge < -0.3 is 9.64 Å². The highest BCUT2D eigenvalue weighted by Gasteiger charge is 2.13. The van der Waals surface area contributed by atoms with Crippen LogP contribution in [0.2, 0.25) is 0 Å². The van der Waals surface area contributed by atoms with Crippen LogP contribution in [0.25, 0.3) is 0 Å². The lowest BCUT2D eigenvalue weighted by atomic mass is 10.1. The van der Waals surface area contributed by atoms with Crippen molar-refractivity contribution >= 4 is 5.91 Å². The van der Waals surface area contributed by atoms with Crippen LogP contribution in [0.1, 0.15) is 21.5 Å². The third-order valence-corrected chi connectivity index (χ3v) is 4.09. The Morgan fingerprint density at radius 1 is 1.19 bits per heavy atom. The van der Waals surface area contributed by atoms with Gasteiger partial charge >= 0.3 is 0 Å². The SMILES string of the molecule is COc1ccc(CN(C)C(=O)c2ccc(Cn3cccn3)cc2)cc1F. The first-order valence-electron chi connectivity index (χ1n) is 8.21. The van der Waals surface area contributed by atoms with E-state index in [4.69, 9.17) is 4.74 Å². The third kappa shape index (κ3) is 4.08. The molecule has 0 spiro atoms. The number of hydrogen-bond acceptors (Lipinski definition) is 3. The molecule has 3 rings (SSSR count). The zero-order chi connectivity index (χ0) is 18.5. The van der Waals surface area contributed by atoms with Gasteiger partial charge in [-0.25, -0.2) is 4.39 Å². The molecule has 26 heavy (non-hydrogen) atoms. The Labute approximate surface area is 151 Å². The summed E-state index contributed by atoms with van der Waals surface area (Å²) in [5.74, 6) is -0.365. The summed E-state index contributed by atoms with van der Waals surface area (Å²) in [5, 5.41) is 4.17. The van der Waals surface area contributed by atoms with Crippen LogP contribution in [-0.4, -0.2) is 34.7 Å². The molecular weight excluding hydrogens is 333 g/mol. The first kappa shape index (κ1) is 17.7. The fourth-order valence-electron chi connectivity index (χ4n) is 2.71. The second kappa shape index (κ2) is 7.82. The van der Waals surface area contributed by atoms with Crippen LogP contribution in [0.3, 0.4) is 0 Å². The second-order valence-corrected chi connectivity index (χ2v) is 6.03. The molecule has 0 radical (unpaired) electrons. The summed E-state index contributed by atoms with van der Waals surface area (Å²) in [4.78, 5) is 14.1. The fraction of sp³-hybridized carbons (Fsp3) is 0.200. The number of benzene rings is 2. The van der Waals surface area contributed by atoms with Gasteiger partial charge in [0.2, 0.25) is 0 Å². The van der Waals surface area contributed by atoms with Crippen LogP contribution >= 0.6 is 0 Å². The molecule has 1 amide bonds. The van der Waals surface area contributed by atoms with E-state index in [1.165, 1.54) is 13.2 Å². The number of hydrogen-bond donors (Lipinski definition) is 0. The number of rotatable bonds is 6. The minimum atomic E-state index is -0.436. The number of halogens is 1. The standard InChI is InChI=1S/C20H20FN3O2/c1-23(13-16-6-9-19(26-2)18(21)12-16)20(25)17-7-4-15(5-8-17)14-24-11-3-10-22-24/h3-12H,13-14H2,1-2H3. The zero-order valence-corrected chi connectivity index (χ0v) is 14.7. The maximum Gasteiger partial charge on any atom is 0.253 e. The predicted octanol–water partition coefficient (Wildman–Crippen LogP) is 3.35. The van der Waals surface area contributed by atoms with Crippen molar-refractivity contribution in [3.05, 3.63) is 83.4 Å². The van der Waals surface area contributed by atoms with E-state index in [0.717, 1.165) is 5.56 Å². The van der Waals surface area contributed by atoms with E-state index >= 15 is 0 Å². The minimum Gasteiger partial charge on any atom is -0.494 e. The number of ether oxygens (including phenoxy) is 1. The van der Waals surface area contributed by atoms with E-state index < -0.39 is 5.82 Å². The fourth-order valence-corrected chi connectivity index (χ4v) is 2.71. The van der Waals surface area contributed by atoms with Gasteiger partial charge in [0.25, 0.3) is 5.91 Å². The van der Waals surface area contributed by atoms with E-state index in [0.29, 0.717) is 24.2 Å². The molecule has 2 aromatic carbocycles. The summed E-state index contributed by atoms with van der Waals surface area (Å²) < 4.78 is 20.5. The number of methoxy groups -OCH3 is 1. The van der Waals surface area contributed by atoms with Gasteiger partial charge in [0.15, 0.2) is 11.6 Å². The smallest absolute Gasteiger partial charge is 0.253 e. The summed E-state index contributed by atoms with van der Waals surface area (Å²) in [6.07, 6.45) is 3.62. The molecule has 0 aliphatic heterocycles. The van der Waals surface area contributed by atoms with Gasteiger partial charge in [-0.2, -0.15) is 5.10 Å². The summed E-state index contributed by atoms with van der Waals surface area (Å²) in [5.41, 5.74) is 2.35. The Morgan fingerprint density at radius 2 is 1.92 bits per heavy atom. The molecule has 0 aliphatic carbocycles. The highest BCUT2D eigenvalue weighted by Crippen LogP contribution is 2.19. The van der Waals surface area contributed by atoms with Crippen molar-refractivity contribution in [1.82, 2.24) is 14.7 Å². The van der Waals surface area contributed by atoms with Crippen molar-refractivity contribution in [3.63, 3.8) is 0 Å². The summed E-state index contributed by atoms with van der Waals surface area (Å²) in [6.45, 7) is 0.969. The van der Waals surface area contributed by atoms with Gasteiger partial charge in [-0.1, -0.05) is 18.2 Å². The predicted molar refractivity (Wildman–Crippen MR) is 96.5 cm³/mol. The molecule has 134 valence electrons. The highest BCUT2D eigenvalue weighted by molar-refractivity contribution is 5.94. The van der Waals surface area contributed by atoms with Crippen molar-refractivity contribution < 1.29 is 13.9 Å². The second-order valence-electron chi connectivity index (χ2n) is 6.03. The molecule has 3 aromatic rings. The molecule has 0 fully saturated rings. The number of aromatic nitrogens is 2. The molecule has 0 saturated heterocycles. The van der Waals surface area contributed by atoms with Gasteiger partial charge in [-0.3, -0.25) is 9.48 Å². The molecule has 0 saturated carbocycles. The van der Waals surface area contributed by atoms with E-state index in [2.05, 4.69) is 5.10 Å². The van der Waals surface area contributed by atoms with Gasteiger partial charge in [0.05, 0.1) is 13.7 Å².